The van der Waals surface area contributed by atoms with E-state index in [2.05, 4.69) is 15.5 Å². The van der Waals surface area contributed by atoms with Gasteiger partial charge in [0.05, 0.1) is 24.4 Å². The number of allylic oxidation sites excluding steroid dienone is 6. The van der Waals surface area contributed by atoms with Crippen LogP contribution in [0.4, 0.5) is 0 Å². The summed E-state index contributed by atoms with van der Waals surface area (Å²) >= 11 is 0. The second-order valence-electron chi connectivity index (χ2n) is 20.4. The number of hydrogen-bond acceptors (Lipinski definition) is 15. The summed E-state index contributed by atoms with van der Waals surface area (Å²) in [6, 6.07) is -1.19. The third-order valence-electron chi connectivity index (χ3n) is 15.2. The molecule has 1 saturated carbocycles. The van der Waals surface area contributed by atoms with Crippen LogP contribution >= 0.6 is 0 Å². The van der Waals surface area contributed by atoms with Gasteiger partial charge in [-0.05, 0) is 117 Å². The minimum atomic E-state index is -2.43. The van der Waals surface area contributed by atoms with Crippen molar-refractivity contribution in [1.82, 2.24) is 25.1 Å². The molecule has 3 aliphatic heterocycles. The fourth-order valence-corrected chi connectivity index (χ4v) is 10.7. The molecule has 2 bridgehead atoms. The Kier molecular flexibility index (Phi) is 20.8. The van der Waals surface area contributed by atoms with Crippen LogP contribution in [0.25, 0.3) is 0 Å². The number of carbonyl (C=O) groups is 5. The highest BCUT2D eigenvalue weighted by atomic mass is 16.6. The topological polar surface area (TPSA) is 219 Å². The van der Waals surface area contributed by atoms with Crippen LogP contribution in [0, 0.1) is 35.5 Å². The van der Waals surface area contributed by atoms with Gasteiger partial charge in [-0.1, -0.05) is 71.1 Å². The largest absolute Gasteiger partial charge is 0.460 e. The van der Waals surface area contributed by atoms with Crippen molar-refractivity contribution in [3.05, 3.63) is 53.9 Å². The molecule has 1 aromatic heterocycles. The molecule has 0 unspecified atom stereocenters. The van der Waals surface area contributed by atoms with Gasteiger partial charge < -0.3 is 38.8 Å². The van der Waals surface area contributed by atoms with Gasteiger partial charge in [0.25, 0.3) is 11.7 Å². The van der Waals surface area contributed by atoms with Crippen LogP contribution in [-0.2, 0) is 47.7 Å². The lowest BCUT2D eigenvalue weighted by atomic mass is 9.77. The van der Waals surface area contributed by atoms with Crippen molar-refractivity contribution in [2.75, 3.05) is 27.9 Å². The molecule has 5 rings (SSSR count). The van der Waals surface area contributed by atoms with Gasteiger partial charge in [-0.25, -0.2) is 9.48 Å². The Morgan fingerprint density at radius 3 is 2.32 bits per heavy atom. The van der Waals surface area contributed by atoms with Crippen molar-refractivity contribution in [2.45, 2.75) is 180 Å². The van der Waals surface area contributed by atoms with E-state index in [1.807, 2.05) is 58.1 Å². The smallest absolute Gasteiger partial charge is 0.329 e. The van der Waals surface area contributed by atoms with E-state index in [0.29, 0.717) is 56.9 Å². The molecule has 0 aromatic carbocycles. The molecule has 2 N–H and O–H groups in total. The number of esters is 1. The lowest BCUT2D eigenvalue weighted by Gasteiger charge is -2.42. The summed E-state index contributed by atoms with van der Waals surface area (Å²) in [4.78, 5) is 72.3. The fourth-order valence-electron chi connectivity index (χ4n) is 10.7. The number of aromatic nitrogens is 4. The normalized spacial score (nSPS) is 38.8. The molecule has 1 amide bonds. The monoisotopic (exact) mass is 966 g/mol. The van der Waals surface area contributed by atoms with Crippen molar-refractivity contribution < 1.29 is 57.9 Å². The standard InChI is InChI=1S/C52H79N5O12/c1-31-16-12-11-13-17-32(2)43(65-8)28-39-21-19-37(7)52(64,69-39)49(61)50(62)56-23-15-14-18-41(56)51(63)68-44(34(4)26-38-20-22-40(45(27-38)66-9)57-30-53-54-55-57)29-42(58)33(3)25-36(6)47(60)48(67-10)46(59)35(5)24-31/h11-13,16-17,25,30-31,33-35,37-41,43-45,47-48,60,64H,14-15,18-24,26-29H2,1-10H3/b13-11+,16-12+,32-17+,36-25+/t31-,33-,34-,35-,37-,38+,39+,40+,41+,43+,44+,45-,47-,48+,52+/m1/s1. The Balaban J connectivity index is 1.46. The number of ketones is 3. The number of carbonyl (C=O) groups excluding carboxylic acids is 5. The number of rotatable bonds is 7. The molecular weight excluding hydrogens is 887 g/mol. The molecule has 15 atom stereocenters. The maximum atomic E-state index is 14.5. The van der Waals surface area contributed by atoms with Gasteiger partial charge in [0.2, 0.25) is 5.79 Å². The first-order chi connectivity index (χ1) is 32.8. The summed E-state index contributed by atoms with van der Waals surface area (Å²) in [5.41, 5.74) is 1.27. The molecule has 4 aliphatic rings. The van der Waals surface area contributed by atoms with Crippen LogP contribution in [0.1, 0.15) is 132 Å². The van der Waals surface area contributed by atoms with E-state index in [1.54, 1.807) is 52.1 Å². The molecule has 1 aromatic rings. The van der Waals surface area contributed by atoms with Gasteiger partial charge in [-0.2, -0.15) is 0 Å². The zero-order chi connectivity index (χ0) is 50.6. The van der Waals surface area contributed by atoms with Crippen LogP contribution in [-0.4, -0.2) is 141 Å². The number of methoxy groups -OCH3 is 3. The minimum absolute atomic E-state index is 0.0170. The Hall–Kier alpha value is -4.26. The van der Waals surface area contributed by atoms with Crippen LogP contribution in [0.15, 0.2) is 53.9 Å². The van der Waals surface area contributed by atoms with E-state index in [9.17, 15) is 34.2 Å². The molecule has 4 heterocycles. The highest BCUT2D eigenvalue weighted by molar-refractivity contribution is 6.39. The predicted molar refractivity (Wildman–Crippen MR) is 256 cm³/mol. The third kappa shape index (κ3) is 14.2. The summed E-state index contributed by atoms with van der Waals surface area (Å²) < 4.78 is 31.6. The highest BCUT2D eigenvalue weighted by Gasteiger charge is 2.53. The van der Waals surface area contributed by atoms with Gasteiger partial charge in [-0.15, -0.1) is 5.10 Å². The number of aliphatic hydroxyl groups excluding tert-OH is 1. The lowest BCUT2D eigenvalue weighted by Crippen LogP contribution is -2.61. The Morgan fingerprint density at radius 1 is 0.884 bits per heavy atom. The average molecular weight is 966 g/mol. The number of aliphatic hydroxyl groups is 2. The second kappa shape index (κ2) is 25.7. The van der Waals surface area contributed by atoms with Crippen LogP contribution < -0.4 is 0 Å². The molecule has 1 aliphatic carbocycles. The number of piperidine rings is 1. The SMILES string of the molecule is CO[C@H]1C[C@@H]2CC[C@@H](C)[C@](O)(O2)C(=O)C(=O)N2CCCC[C@H]2C(=O)O[C@H]([C@H](C)C[C@@H]2CC[C@H](n3cnnn3)[C@H](OC)C2)CC(=O)[C@H](C)/C=C(\C)[C@@H](O)[C@@H](OC)C(=O)[C@H](C)C[C@H](C)/C=C/C=C/C=C/1C. The molecule has 2 saturated heterocycles. The first-order valence-electron chi connectivity index (χ1n) is 25.0. The maximum Gasteiger partial charge on any atom is 0.329 e. The lowest BCUT2D eigenvalue weighted by molar-refractivity contribution is -0.265. The molecular formula is C52H79N5O12. The number of Topliss-reactive ketones (excluding diaryl/α,β-unsaturated/α-hetero) is 3. The van der Waals surface area contributed by atoms with Crippen LogP contribution in [0.3, 0.4) is 0 Å². The van der Waals surface area contributed by atoms with Gasteiger partial charge in [0.15, 0.2) is 5.78 Å². The number of amides is 1. The Labute approximate surface area is 408 Å². The number of ether oxygens (including phenoxy) is 5. The predicted octanol–water partition coefficient (Wildman–Crippen LogP) is 6.05. The number of tetrazole rings is 1. The third-order valence-corrected chi connectivity index (χ3v) is 15.2. The van der Waals surface area contributed by atoms with E-state index in [4.69, 9.17) is 23.7 Å². The summed E-state index contributed by atoms with van der Waals surface area (Å²) in [5, 5.41) is 35.2. The minimum Gasteiger partial charge on any atom is -0.460 e. The van der Waals surface area contributed by atoms with Gasteiger partial charge in [0, 0.05) is 58.5 Å². The van der Waals surface area contributed by atoms with Crippen molar-refractivity contribution in [2.24, 2.45) is 35.5 Å². The van der Waals surface area contributed by atoms with E-state index in [0.717, 1.165) is 18.4 Å². The summed E-state index contributed by atoms with van der Waals surface area (Å²) in [5.74, 6) is -7.92. The number of cyclic esters (lactones) is 1. The highest BCUT2D eigenvalue weighted by Crippen LogP contribution is 2.39. The van der Waals surface area contributed by atoms with Crippen molar-refractivity contribution >= 4 is 29.2 Å². The van der Waals surface area contributed by atoms with Crippen LogP contribution in [0.5, 0.6) is 0 Å². The Bertz CT molecular complexity index is 2020. The molecule has 69 heavy (non-hydrogen) atoms. The molecule has 0 radical (unpaired) electrons. The molecule has 0 spiro atoms. The maximum absolute atomic E-state index is 14.5. The zero-order valence-corrected chi connectivity index (χ0v) is 42.5. The zero-order valence-electron chi connectivity index (χ0n) is 42.5. The summed E-state index contributed by atoms with van der Waals surface area (Å²) in [6.45, 7) is 12.8. The van der Waals surface area contributed by atoms with Crippen molar-refractivity contribution in [3.8, 4) is 0 Å². The summed E-state index contributed by atoms with van der Waals surface area (Å²) in [6.07, 6.45) is 13.9. The fraction of sp³-hybridized carbons (Fsp3) is 0.731. The van der Waals surface area contributed by atoms with Gasteiger partial charge in [-0.3, -0.25) is 19.2 Å². The summed E-state index contributed by atoms with van der Waals surface area (Å²) in [7, 11) is 4.62. The number of fused-ring (bicyclic) bond motifs is 3. The average Bonchev–Trinajstić information content (AvgIpc) is 3.88. The van der Waals surface area contributed by atoms with Crippen molar-refractivity contribution in [1.29, 1.82) is 0 Å². The first-order valence-corrected chi connectivity index (χ1v) is 25.0. The Morgan fingerprint density at radius 2 is 1.64 bits per heavy atom. The van der Waals surface area contributed by atoms with Crippen LogP contribution in [0.2, 0.25) is 0 Å². The van der Waals surface area contributed by atoms with Gasteiger partial charge >= 0.3 is 5.97 Å². The number of hydrogen-bond donors (Lipinski definition) is 2. The van der Waals surface area contributed by atoms with E-state index >= 15 is 0 Å². The van der Waals surface area contributed by atoms with Gasteiger partial charge in [0.1, 0.15) is 36.5 Å². The molecule has 17 heteroatoms. The quantitative estimate of drug-likeness (QED) is 0.181. The first kappa shape index (κ1) is 55.7. The van der Waals surface area contributed by atoms with Crippen molar-refractivity contribution in [3.63, 3.8) is 0 Å². The van der Waals surface area contributed by atoms with E-state index < -0.39 is 77.8 Å². The molecule has 3 fully saturated rings. The second-order valence-corrected chi connectivity index (χ2v) is 20.4. The molecule has 17 nitrogen and oxygen atoms in total. The molecule has 384 valence electrons. The number of nitrogens with zero attached hydrogens (tertiary/aromatic N) is 5. The van der Waals surface area contributed by atoms with E-state index in [1.165, 1.54) is 12.0 Å². The van der Waals surface area contributed by atoms with E-state index in [-0.39, 0.29) is 60.9 Å².